The van der Waals surface area contributed by atoms with Crippen LogP contribution in [0.4, 0.5) is 0 Å². The van der Waals surface area contributed by atoms with Gasteiger partial charge in [-0.25, -0.2) is 0 Å². The van der Waals surface area contributed by atoms with Gasteiger partial charge in [0.1, 0.15) is 0 Å². The zero-order valence-electron chi connectivity index (χ0n) is 10.7. The summed E-state index contributed by atoms with van der Waals surface area (Å²) in [4.78, 5) is 0. The van der Waals surface area contributed by atoms with Crippen LogP contribution in [0.3, 0.4) is 0 Å². The standard InChI is InChI=1S/C15H23N/c1-4-15(5-2)13(11-14(15)16-3)12-9-7-6-8-10-12/h6-10,13-14,16H,4-5,11H2,1-3H3. The summed E-state index contributed by atoms with van der Waals surface area (Å²) < 4.78 is 0. The Labute approximate surface area is 99.3 Å². The largest absolute Gasteiger partial charge is 0.316 e. The van der Waals surface area contributed by atoms with Crippen molar-refractivity contribution in [2.24, 2.45) is 5.41 Å². The number of rotatable bonds is 4. The van der Waals surface area contributed by atoms with Crippen molar-refractivity contribution in [2.75, 3.05) is 7.05 Å². The van der Waals surface area contributed by atoms with Gasteiger partial charge < -0.3 is 5.32 Å². The molecule has 2 rings (SSSR count). The lowest BCUT2D eigenvalue weighted by atomic mass is 9.52. The Bertz CT molecular complexity index is 327. The minimum absolute atomic E-state index is 0.482. The van der Waals surface area contributed by atoms with Crippen LogP contribution >= 0.6 is 0 Å². The highest BCUT2D eigenvalue weighted by Crippen LogP contribution is 2.56. The van der Waals surface area contributed by atoms with Gasteiger partial charge in [0.2, 0.25) is 0 Å². The summed E-state index contributed by atoms with van der Waals surface area (Å²) in [6, 6.07) is 11.7. The Kier molecular flexibility index (Phi) is 3.34. The van der Waals surface area contributed by atoms with Crippen LogP contribution in [-0.4, -0.2) is 13.1 Å². The highest BCUT2D eigenvalue weighted by Gasteiger charge is 2.51. The minimum Gasteiger partial charge on any atom is -0.316 e. The summed E-state index contributed by atoms with van der Waals surface area (Å²) in [5, 5.41) is 3.49. The van der Waals surface area contributed by atoms with Gasteiger partial charge >= 0.3 is 0 Å². The lowest BCUT2D eigenvalue weighted by Crippen LogP contribution is -2.57. The summed E-state index contributed by atoms with van der Waals surface area (Å²) in [5.41, 5.74) is 2.01. The van der Waals surface area contributed by atoms with Gasteiger partial charge in [0.15, 0.2) is 0 Å². The molecule has 1 fully saturated rings. The van der Waals surface area contributed by atoms with Gasteiger partial charge in [-0.2, -0.15) is 0 Å². The Morgan fingerprint density at radius 1 is 1.19 bits per heavy atom. The normalized spacial score (nSPS) is 27.4. The van der Waals surface area contributed by atoms with E-state index < -0.39 is 0 Å². The highest BCUT2D eigenvalue weighted by molar-refractivity contribution is 5.28. The fourth-order valence-corrected chi connectivity index (χ4v) is 3.58. The van der Waals surface area contributed by atoms with Gasteiger partial charge in [0.25, 0.3) is 0 Å². The van der Waals surface area contributed by atoms with E-state index in [1.807, 2.05) is 0 Å². The molecule has 0 saturated heterocycles. The summed E-state index contributed by atoms with van der Waals surface area (Å²) in [7, 11) is 2.10. The predicted octanol–water partition coefficient (Wildman–Crippen LogP) is 3.57. The van der Waals surface area contributed by atoms with Gasteiger partial charge in [-0.05, 0) is 43.2 Å². The van der Waals surface area contributed by atoms with Crippen LogP contribution in [-0.2, 0) is 0 Å². The van der Waals surface area contributed by atoms with E-state index in [1.165, 1.54) is 24.8 Å². The Hall–Kier alpha value is -0.820. The minimum atomic E-state index is 0.482. The van der Waals surface area contributed by atoms with Gasteiger partial charge in [0, 0.05) is 6.04 Å². The van der Waals surface area contributed by atoms with Crippen molar-refractivity contribution in [3.8, 4) is 0 Å². The van der Waals surface area contributed by atoms with Crippen LogP contribution in [0.5, 0.6) is 0 Å². The Balaban J connectivity index is 2.25. The van der Waals surface area contributed by atoms with E-state index in [0.29, 0.717) is 11.5 Å². The molecule has 16 heavy (non-hydrogen) atoms. The number of benzene rings is 1. The van der Waals surface area contributed by atoms with Crippen molar-refractivity contribution in [3.05, 3.63) is 35.9 Å². The van der Waals surface area contributed by atoms with E-state index in [0.717, 1.165) is 5.92 Å². The lowest BCUT2D eigenvalue weighted by molar-refractivity contribution is 0.0245. The van der Waals surface area contributed by atoms with E-state index >= 15 is 0 Å². The summed E-state index contributed by atoms with van der Waals surface area (Å²) >= 11 is 0. The number of nitrogens with one attached hydrogen (secondary N) is 1. The second-order valence-electron chi connectivity index (χ2n) is 4.98. The van der Waals surface area contributed by atoms with E-state index in [4.69, 9.17) is 0 Å². The predicted molar refractivity (Wildman–Crippen MR) is 69.7 cm³/mol. The number of hydrogen-bond acceptors (Lipinski definition) is 1. The molecule has 0 heterocycles. The molecule has 2 atom stereocenters. The fourth-order valence-electron chi connectivity index (χ4n) is 3.58. The van der Waals surface area contributed by atoms with Crippen LogP contribution < -0.4 is 5.32 Å². The summed E-state index contributed by atoms with van der Waals surface area (Å²) in [6.07, 6.45) is 3.84. The molecule has 0 aliphatic heterocycles. The molecule has 1 heteroatoms. The quantitative estimate of drug-likeness (QED) is 0.813. The molecule has 0 amide bonds. The summed E-state index contributed by atoms with van der Waals surface area (Å²) in [6.45, 7) is 4.67. The van der Waals surface area contributed by atoms with Crippen LogP contribution in [0.1, 0.15) is 44.6 Å². The average Bonchev–Trinajstić information content (AvgIpc) is 2.32. The molecular formula is C15H23N. The molecule has 1 N–H and O–H groups in total. The molecule has 1 nitrogen and oxygen atoms in total. The average molecular weight is 217 g/mol. The first-order valence-electron chi connectivity index (χ1n) is 6.50. The van der Waals surface area contributed by atoms with Gasteiger partial charge in [-0.15, -0.1) is 0 Å². The first-order chi connectivity index (χ1) is 7.78. The zero-order chi connectivity index (χ0) is 11.6. The van der Waals surface area contributed by atoms with Crippen molar-refractivity contribution in [3.63, 3.8) is 0 Å². The van der Waals surface area contributed by atoms with Crippen molar-refractivity contribution in [1.29, 1.82) is 0 Å². The maximum Gasteiger partial charge on any atom is 0.0132 e. The molecule has 0 radical (unpaired) electrons. The van der Waals surface area contributed by atoms with Crippen LogP contribution in [0.2, 0.25) is 0 Å². The zero-order valence-corrected chi connectivity index (χ0v) is 10.7. The molecule has 1 aromatic rings. The third-order valence-corrected chi connectivity index (χ3v) is 4.73. The fraction of sp³-hybridized carbons (Fsp3) is 0.600. The molecule has 1 aromatic carbocycles. The second kappa shape index (κ2) is 4.58. The molecule has 0 aromatic heterocycles. The number of hydrogen-bond donors (Lipinski definition) is 1. The second-order valence-corrected chi connectivity index (χ2v) is 4.98. The Morgan fingerprint density at radius 2 is 1.81 bits per heavy atom. The lowest BCUT2D eigenvalue weighted by Gasteiger charge is -2.56. The maximum absolute atomic E-state index is 3.49. The van der Waals surface area contributed by atoms with Crippen molar-refractivity contribution in [2.45, 2.75) is 45.1 Å². The smallest absolute Gasteiger partial charge is 0.0132 e. The summed E-state index contributed by atoms with van der Waals surface area (Å²) in [5.74, 6) is 0.751. The van der Waals surface area contributed by atoms with Crippen molar-refractivity contribution < 1.29 is 0 Å². The molecule has 0 bridgehead atoms. The molecule has 0 spiro atoms. The first kappa shape index (κ1) is 11.7. The highest BCUT2D eigenvalue weighted by atomic mass is 14.9. The van der Waals surface area contributed by atoms with Gasteiger partial charge in [-0.3, -0.25) is 0 Å². The van der Waals surface area contributed by atoms with Crippen LogP contribution in [0.15, 0.2) is 30.3 Å². The van der Waals surface area contributed by atoms with Gasteiger partial charge in [0.05, 0.1) is 0 Å². The van der Waals surface area contributed by atoms with E-state index in [2.05, 4.69) is 56.5 Å². The SMILES string of the molecule is CCC1(CC)C(NC)CC1c1ccccc1. The van der Waals surface area contributed by atoms with Crippen LogP contribution in [0, 0.1) is 5.41 Å². The van der Waals surface area contributed by atoms with Crippen molar-refractivity contribution in [1.82, 2.24) is 5.32 Å². The third-order valence-electron chi connectivity index (χ3n) is 4.73. The van der Waals surface area contributed by atoms with E-state index in [9.17, 15) is 0 Å². The molecule has 1 aliphatic rings. The molecular weight excluding hydrogens is 194 g/mol. The first-order valence-corrected chi connectivity index (χ1v) is 6.50. The Morgan fingerprint density at radius 3 is 2.31 bits per heavy atom. The molecule has 1 saturated carbocycles. The third kappa shape index (κ3) is 1.58. The maximum atomic E-state index is 3.49. The van der Waals surface area contributed by atoms with Gasteiger partial charge in [-0.1, -0.05) is 44.2 Å². The molecule has 1 aliphatic carbocycles. The van der Waals surface area contributed by atoms with Crippen molar-refractivity contribution >= 4 is 0 Å². The van der Waals surface area contributed by atoms with Crippen LogP contribution in [0.25, 0.3) is 0 Å². The van der Waals surface area contributed by atoms with E-state index in [1.54, 1.807) is 0 Å². The van der Waals surface area contributed by atoms with E-state index in [-0.39, 0.29) is 0 Å². The molecule has 88 valence electrons. The molecule has 2 unspecified atom stereocenters. The monoisotopic (exact) mass is 217 g/mol. The topological polar surface area (TPSA) is 12.0 Å².